The van der Waals surface area contributed by atoms with Crippen LogP contribution in [0.25, 0.3) is 33.6 Å². The van der Waals surface area contributed by atoms with Crippen molar-refractivity contribution < 1.29 is 27.2 Å². The molecule has 2 heterocycles. The zero-order valence-electron chi connectivity index (χ0n) is 21.6. The number of halogens is 3. The van der Waals surface area contributed by atoms with E-state index in [4.69, 9.17) is 4.42 Å². The van der Waals surface area contributed by atoms with Crippen molar-refractivity contribution in [2.45, 2.75) is 38.4 Å². The molecule has 2 aromatic heterocycles. The molecule has 0 spiro atoms. The fourth-order valence-corrected chi connectivity index (χ4v) is 4.53. The molecule has 7 nitrogen and oxygen atoms in total. The van der Waals surface area contributed by atoms with Gasteiger partial charge < -0.3 is 20.4 Å². The highest BCUT2D eigenvalue weighted by atomic mass is 19.4. The largest absolute Gasteiger partial charge is 0.437 e. The number of carbonyl (C=O) groups is 2. The van der Waals surface area contributed by atoms with Gasteiger partial charge in [-0.3, -0.25) is 9.59 Å². The molecule has 10 heteroatoms. The number of furan rings is 1. The molecular formula is C29H27F3N4O3. The first-order valence-electron chi connectivity index (χ1n) is 12.6. The van der Waals surface area contributed by atoms with Gasteiger partial charge in [-0.15, -0.1) is 0 Å². The van der Waals surface area contributed by atoms with Gasteiger partial charge in [0.15, 0.2) is 0 Å². The molecule has 202 valence electrons. The minimum absolute atomic E-state index is 0.0876. The summed E-state index contributed by atoms with van der Waals surface area (Å²) in [6.45, 7) is 4.37. The van der Waals surface area contributed by atoms with Gasteiger partial charge in [0.25, 0.3) is 11.8 Å². The van der Waals surface area contributed by atoms with Crippen LogP contribution in [-0.2, 0) is 0 Å². The van der Waals surface area contributed by atoms with Crippen molar-refractivity contribution in [2.75, 3.05) is 18.9 Å². The molecule has 1 fully saturated rings. The number of hydrogen-bond donors (Lipinski definition) is 3. The van der Waals surface area contributed by atoms with E-state index in [1.54, 1.807) is 18.2 Å². The lowest BCUT2D eigenvalue weighted by atomic mass is 9.99. The Morgan fingerprint density at radius 1 is 1.03 bits per heavy atom. The van der Waals surface area contributed by atoms with Gasteiger partial charge in [0, 0.05) is 30.3 Å². The summed E-state index contributed by atoms with van der Waals surface area (Å²) >= 11 is 0. The molecule has 5 rings (SSSR count). The molecule has 0 aliphatic heterocycles. The normalized spacial score (nSPS) is 14.2. The molecule has 0 bridgehead atoms. The number of aromatic nitrogens is 1. The summed E-state index contributed by atoms with van der Waals surface area (Å²) < 4.78 is 46.3. The highest BCUT2D eigenvalue weighted by molar-refractivity contribution is 6.11. The zero-order valence-corrected chi connectivity index (χ0v) is 21.6. The third kappa shape index (κ3) is 4.82. The molecular weight excluding hydrogens is 509 g/mol. The number of anilines is 1. The number of fused-ring (bicyclic) bond motifs is 1. The fourth-order valence-electron chi connectivity index (χ4n) is 4.53. The Labute approximate surface area is 222 Å². The highest BCUT2D eigenvalue weighted by Crippen LogP contribution is 2.49. The Morgan fingerprint density at radius 3 is 2.36 bits per heavy atom. The van der Waals surface area contributed by atoms with Gasteiger partial charge in [0.2, 0.25) is 5.71 Å². The number of benzene rings is 2. The molecule has 2 aromatic carbocycles. The summed E-state index contributed by atoms with van der Waals surface area (Å²) in [5.74, 6) is -0.347. The van der Waals surface area contributed by atoms with E-state index in [9.17, 15) is 22.8 Å². The van der Waals surface area contributed by atoms with Crippen molar-refractivity contribution in [3.8, 4) is 22.5 Å². The smallest absolute Gasteiger partial charge is 0.411 e. The summed E-state index contributed by atoms with van der Waals surface area (Å²) in [5, 5.41) is 8.47. The molecule has 39 heavy (non-hydrogen) atoms. The van der Waals surface area contributed by atoms with E-state index in [1.807, 2.05) is 38.1 Å². The Morgan fingerprint density at radius 2 is 1.74 bits per heavy atom. The van der Waals surface area contributed by atoms with Crippen LogP contribution in [0.3, 0.4) is 0 Å². The van der Waals surface area contributed by atoms with Gasteiger partial charge in [-0.05, 0) is 50.5 Å². The molecule has 3 N–H and O–H groups in total. The van der Waals surface area contributed by atoms with E-state index in [2.05, 4.69) is 20.9 Å². The standard InChI is InChI=1S/C29H27F3N4O3/c1-4-34-24-20(18-6-5-7-19(14-18)25(37)36-28(12-13-28)29(30,31)32)15-21-22(26(38)33-3)23(39-27(21)35-24)17-10-8-16(2)9-11-17/h5-11,14-15H,4,12-13H2,1-3H3,(H,33,38)(H,34,35)(H,36,37). The molecule has 0 unspecified atom stereocenters. The summed E-state index contributed by atoms with van der Waals surface area (Å²) in [6, 6.07) is 15.6. The van der Waals surface area contributed by atoms with Crippen LogP contribution in [0.2, 0.25) is 0 Å². The molecule has 1 aliphatic rings. The molecule has 0 radical (unpaired) electrons. The van der Waals surface area contributed by atoms with Gasteiger partial charge >= 0.3 is 6.18 Å². The van der Waals surface area contributed by atoms with E-state index < -0.39 is 17.6 Å². The number of amides is 2. The van der Waals surface area contributed by atoms with Crippen molar-refractivity contribution in [1.29, 1.82) is 0 Å². The molecule has 1 saturated carbocycles. The van der Waals surface area contributed by atoms with Gasteiger partial charge in [-0.25, -0.2) is 0 Å². The van der Waals surface area contributed by atoms with Crippen LogP contribution in [-0.4, -0.2) is 42.1 Å². The van der Waals surface area contributed by atoms with Crippen LogP contribution in [0.4, 0.5) is 19.0 Å². The number of pyridine rings is 1. The maximum Gasteiger partial charge on any atom is 0.411 e. The summed E-state index contributed by atoms with van der Waals surface area (Å²) in [6.07, 6.45) is -4.79. The first-order chi connectivity index (χ1) is 18.6. The first kappa shape index (κ1) is 26.3. The van der Waals surface area contributed by atoms with E-state index in [1.165, 1.54) is 19.2 Å². The summed E-state index contributed by atoms with van der Waals surface area (Å²) in [5.41, 5.74) is 1.36. The maximum atomic E-state index is 13.4. The number of nitrogens with zero attached hydrogens (tertiary/aromatic N) is 1. The molecule has 4 aromatic rings. The first-order valence-corrected chi connectivity index (χ1v) is 12.6. The average Bonchev–Trinajstić information content (AvgIpc) is 3.62. The Kier molecular flexibility index (Phi) is 6.57. The van der Waals surface area contributed by atoms with Crippen LogP contribution < -0.4 is 16.0 Å². The Hall–Kier alpha value is -4.34. The Balaban J connectivity index is 1.62. The highest BCUT2D eigenvalue weighted by Gasteiger charge is 2.64. The number of rotatable bonds is 7. The van der Waals surface area contributed by atoms with Crippen LogP contribution in [0.5, 0.6) is 0 Å². The van der Waals surface area contributed by atoms with Gasteiger partial charge in [-0.1, -0.05) is 42.0 Å². The van der Waals surface area contributed by atoms with E-state index >= 15 is 0 Å². The lowest BCUT2D eigenvalue weighted by molar-refractivity contribution is -0.163. The monoisotopic (exact) mass is 536 g/mol. The second-order valence-corrected chi connectivity index (χ2v) is 9.63. The van der Waals surface area contributed by atoms with Crippen molar-refractivity contribution in [2.24, 2.45) is 0 Å². The maximum absolute atomic E-state index is 13.4. The average molecular weight is 537 g/mol. The van der Waals surface area contributed by atoms with Crippen LogP contribution in [0.1, 0.15) is 46.0 Å². The molecule has 0 saturated heterocycles. The predicted octanol–water partition coefficient (Wildman–Crippen LogP) is 6.09. The summed E-state index contributed by atoms with van der Waals surface area (Å²) in [4.78, 5) is 30.5. The van der Waals surface area contributed by atoms with E-state index in [0.717, 1.165) is 5.56 Å². The second kappa shape index (κ2) is 9.76. The zero-order chi connectivity index (χ0) is 27.9. The van der Waals surface area contributed by atoms with Gasteiger partial charge in [0.05, 0.1) is 10.9 Å². The number of hydrogen-bond acceptors (Lipinski definition) is 5. The van der Waals surface area contributed by atoms with Gasteiger partial charge in [0.1, 0.15) is 17.1 Å². The van der Waals surface area contributed by atoms with Crippen molar-refractivity contribution >= 4 is 28.7 Å². The quantitative estimate of drug-likeness (QED) is 0.266. The minimum atomic E-state index is -4.51. The van der Waals surface area contributed by atoms with Crippen LogP contribution in [0.15, 0.2) is 59.0 Å². The topological polar surface area (TPSA) is 96.3 Å². The minimum Gasteiger partial charge on any atom is -0.437 e. The third-order valence-electron chi connectivity index (χ3n) is 6.88. The predicted molar refractivity (Wildman–Crippen MR) is 143 cm³/mol. The van der Waals surface area contributed by atoms with Crippen LogP contribution >= 0.6 is 0 Å². The van der Waals surface area contributed by atoms with Crippen molar-refractivity contribution in [1.82, 2.24) is 15.6 Å². The number of nitrogens with one attached hydrogen (secondary N) is 3. The number of alkyl halides is 3. The lowest BCUT2D eigenvalue weighted by Gasteiger charge is -2.21. The molecule has 2 amide bonds. The van der Waals surface area contributed by atoms with Gasteiger partial charge in [-0.2, -0.15) is 18.2 Å². The number of aryl methyl sites for hydroxylation is 1. The van der Waals surface area contributed by atoms with Crippen molar-refractivity contribution in [3.63, 3.8) is 0 Å². The number of carbonyl (C=O) groups excluding carboxylic acids is 2. The Bertz CT molecular complexity index is 1570. The molecule has 0 atom stereocenters. The molecule has 1 aliphatic carbocycles. The SMILES string of the molecule is CCNc1nc2oc(-c3ccc(C)cc3)c(C(=O)NC)c2cc1-c1cccc(C(=O)NC2(C(F)(F)F)CC2)c1. The summed E-state index contributed by atoms with van der Waals surface area (Å²) in [7, 11) is 1.52. The van der Waals surface area contributed by atoms with E-state index in [0.29, 0.717) is 45.8 Å². The van der Waals surface area contributed by atoms with E-state index in [-0.39, 0.29) is 30.0 Å². The fraction of sp³-hybridized carbons (Fsp3) is 0.276. The lowest BCUT2D eigenvalue weighted by Crippen LogP contribution is -2.47. The van der Waals surface area contributed by atoms with Crippen molar-refractivity contribution in [3.05, 3.63) is 71.3 Å². The second-order valence-electron chi connectivity index (χ2n) is 9.63. The van der Waals surface area contributed by atoms with Crippen LogP contribution in [0, 0.1) is 6.92 Å². The third-order valence-corrected chi connectivity index (χ3v) is 6.88.